The van der Waals surface area contributed by atoms with Crippen molar-refractivity contribution in [3.63, 3.8) is 0 Å². The first-order valence-corrected chi connectivity index (χ1v) is 7.86. The van der Waals surface area contributed by atoms with Crippen molar-refractivity contribution in [1.82, 2.24) is 4.90 Å². The fraction of sp³-hybridized carbons (Fsp3) is 0.647. The zero-order valence-corrected chi connectivity index (χ0v) is 12.6. The van der Waals surface area contributed by atoms with Crippen molar-refractivity contribution in [3.05, 3.63) is 29.3 Å². The summed E-state index contributed by atoms with van der Waals surface area (Å²) in [7, 11) is 0. The van der Waals surface area contributed by atoms with Crippen LogP contribution in [-0.2, 0) is 6.42 Å². The molecule has 0 aliphatic carbocycles. The summed E-state index contributed by atoms with van der Waals surface area (Å²) >= 11 is 0. The lowest BCUT2D eigenvalue weighted by molar-refractivity contribution is 0.104. The van der Waals surface area contributed by atoms with E-state index in [0.29, 0.717) is 18.1 Å². The number of nitrogens with two attached hydrogens (primary N) is 1. The highest BCUT2D eigenvalue weighted by atomic mass is 16.5. The van der Waals surface area contributed by atoms with Gasteiger partial charge in [0, 0.05) is 25.6 Å². The van der Waals surface area contributed by atoms with Gasteiger partial charge in [0.15, 0.2) is 0 Å². The molecule has 2 heterocycles. The molecule has 3 atom stereocenters. The maximum absolute atomic E-state index is 6.09. The average molecular weight is 274 g/mol. The highest BCUT2D eigenvalue weighted by Crippen LogP contribution is 2.30. The Morgan fingerprint density at radius 3 is 3.10 bits per heavy atom. The molecular weight excluding hydrogens is 248 g/mol. The van der Waals surface area contributed by atoms with E-state index in [0.717, 1.165) is 25.3 Å². The number of rotatable bonds is 3. The molecule has 3 heteroatoms. The van der Waals surface area contributed by atoms with Gasteiger partial charge in [0.25, 0.3) is 0 Å². The van der Waals surface area contributed by atoms with E-state index >= 15 is 0 Å². The van der Waals surface area contributed by atoms with Crippen molar-refractivity contribution in [2.75, 3.05) is 19.6 Å². The number of aryl methyl sites for hydroxylation is 1. The molecule has 1 fully saturated rings. The fourth-order valence-corrected chi connectivity index (χ4v) is 3.53. The van der Waals surface area contributed by atoms with Crippen LogP contribution < -0.4 is 10.5 Å². The van der Waals surface area contributed by atoms with Crippen molar-refractivity contribution in [1.29, 1.82) is 0 Å². The van der Waals surface area contributed by atoms with Crippen LogP contribution >= 0.6 is 0 Å². The Kier molecular flexibility index (Phi) is 3.99. The second-order valence-electron chi connectivity index (χ2n) is 6.58. The third-order valence-corrected chi connectivity index (χ3v) is 4.70. The van der Waals surface area contributed by atoms with Crippen LogP contribution in [-0.4, -0.2) is 36.7 Å². The van der Waals surface area contributed by atoms with Gasteiger partial charge in [-0.2, -0.15) is 0 Å². The van der Waals surface area contributed by atoms with Crippen LogP contribution in [0.3, 0.4) is 0 Å². The number of hydrogen-bond acceptors (Lipinski definition) is 3. The SMILES string of the molecule is Cc1ccc2c(c1)CC(CN1CCCC(C(C)N)C1)O2. The molecule has 0 bridgehead atoms. The minimum atomic E-state index is 0.308. The molecule has 0 aromatic heterocycles. The molecule has 3 nitrogen and oxygen atoms in total. The van der Waals surface area contributed by atoms with Gasteiger partial charge in [0.2, 0.25) is 0 Å². The van der Waals surface area contributed by atoms with E-state index in [4.69, 9.17) is 10.5 Å². The summed E-state index contributed by atoms with van der Waals surface area (Å²) in [4.78, 5) is 2.54. The lowest BCUT2D eigenvalue weighted by atomic mass is 9.92. The van der Waals surface area contributed by atoms with Crippen LogP contribution in [0.15, 0.2) is 18.2 Å². The molecule has 0 radical (unpaired) electrons. The van der Waals surface area contributed by atoms with Crippen molar-refractivity contribution in [2.45, 2.75) is 45.3 Å². The summed E-state index contributed by atoms with van der Waals surface area (Å²) in [6.45, 7) is 7.65. The van der Waals surface area contributed by atoms with Gasteiger partial charge < -0.3 is 10.5 Å². The number of fused-ring (bicyclic) bond motifs is 1. The fourth-order valence-electron chi connectivity index (χ4n) is 3.53. The van der Waals surface area contributed by atoms with Gasteiger partial charge in [0.1, 0.15) is 11.9 Å². The minimum Gasteiger partial charge on any atom is -0.488 e. The van der Waals surface area contributed by atoms with Crippen LogP contribution in [0.25, 0.3) is 0 Å². The summed E-state index contributed by atoms with van der Waals surface area (Å²) in [5.41, 5.74) is 8.76. The lowest BCUT2D eigenvalue weighted by Gasteiger charge is -2.35. The van der Waals surface area contributed by atoms with Crippen molar-refractivity contribution in [2.24, 2.45) is 11.7 Å². The van der Waals surface area contributed by atoms with Crippen LogP contribution in [0.1, 0.15) is 30.9 Å². The summed E-state index contributed by atoms with van der Waals surface area (Å²) < 4.78 is 6.09. The van der Waals surface area contributed by atoms with E-state index in [1.807, 2.05) is 0 Å². The lowest BCUT2D eigenvalue weighted by Crippen LogP contribution is -2.45. The van der Waals surface area contributed by atoms with E-state index in [9.17, 15) is 0 Å². The summed E-state index contributed by atoms with van der Waals surface area (Å²) in [5, 5.41) is 0. The van der Waals surface area contributed by atoms with Crippen LogP contribution in [0, 0.1) is 12.8 Å². The van der Waals surface area contributed by atoms with Crippen LogP contribution in [0.2, 0.25) is 0 Å². The first-order chi connectivity index (χ1) is 9.61. The van der Waals surface area contributed by atoms with Crippen molar-refractivity contribution in [3.8, 4) is 5.75 Å². The molecule has 2 aliphatic rings. The molecule has 1 saturated heterocycles. The Morgan fingerprint density at radius 2 is 2.30 bits per heavy atom. The number of likely N-dealkylation sites (tertiary alicyclic amines) is 1. The monoisotopic (exact) mass is 274 g/mol. The molecule has 0 spiro atoms. The Hall–Kier alpha value is -1.06. The quantitative estimate of drug-likeness (QED) is 0.919. The smallest absolute Gasteiger partial charge is 0.123 e. The minimum absolute atomic E-state index is 0.308. The zero-order chi connectivity index (χ0) is 14.1. The van der Waals surface area contributed by atoms with Gasteiger partial charge in [-0.15, -0.1) is 0 Å². The van der Waals surface area contributed by atoms with Crippen molar-refractivity contribution < 1.29 is 4.74 Å². The first-order valence-electron chi connectivity index (χ1n) is 7.86. The number of piperidine rings is 1. The molecule has 2 N–H and O–H groups in total. The average Bonchev–Trinajstić information content (AvgIpc) is 2.80. The Labute approximate surface area is 122 Å². The topological polar surface area (TPSA) is 38.5 Å². The number of nitrogens with zero attached hydrogens (tertiary/aromatic N) is 1. The standard InChI is InChI=1S/C17H26N2O/c1-12-5-6-17-15(8-12)9-16(20-17)11-19-7-3-4-14(10-19)13(2)18/h5-6,8,13-14,16H,3-4,7,9-11,18H2,1-2H3. The molecule has 0 saturated carbocycles. The summed E-state index contributed by atoms with van der Waals surface area (Å²) in [5.74, 6) is 1.73. The third kappa shape index (κ3) is 2.99. The van der Waals surface area contributed by atoms with Gasteiger partial charge in [-0.25, -0.2) is 0 Å². The first kappa shape index (κ1) is 13.9. The number of hydrogen-bond donors (Lipinski definition) is 1. The van der Waals surface area contributed by atoms with Crippen LogP contribution in [0.4, 0.5) is 0 Å². The van der Waals surface area contributed by atoms with E-state index in [1.54, 1.807) is 0 Å². The van der Waals surface area contributed by atoms with Gasteiger partial charge in [-0.3, -0.25) is 4.90 Å². The van der Waals surface area contributed by atoms with E-state index in [-0.39, 0.29) is 0 Å². The second kappa shape index (κ2) is 5.74. The maximum Gasteiger partial charge on any atom is 0.123 e. The molecule has 20 heavy (non-hydrogen) atoms. The van der Waals surface area contributed by atoms with Gasteiger partial charge >= 0.3 is 0 Å². The molecule has 1 aromatic rings. The molecule has 0 amide bonds. The van der Waals surface area contributed by atoms with Gasteiger partial charge in [-0.05, 0) is 50.8 Å². The molecule has 110 valence electrons. The third-order valence-electron chi connectivity index (χ3n) is 4.70. The maximum atomic E-state index is 6.09. The molecule has 1 aromatic carbocycles. The summed E-state index contributed by atoms with van der Waals surface area (Å²) in [6, 6.07) is 6.82. The molecule has 2 aliphatic heterocycles. The van der Waals surface area contributed by atoms with E-state index in [2.05, 4.69) is 36.9 Å². The number of benzene rings is 1. The highest BCUT2D eigenvalue weighted by molar-refractivity contribution is 5.40. The largest absolute Gasteiger partial charge is 0.488 e. The molecule has 3 rings (SSSR count). The zero-order valence-electron chi connectivity index (χ0n) is 12.6. The van der Waals surface area contributed by atoms with Crippen molar-refractivity contribution >= 4 is 0 Å². The second-order valence-corrected chi connectivity index (χ2v) is 6.58. The Bertz CT molecular complexity index is 472. The van der Waals surface area contributed by atoms with Gasteiger partial charge in [-0.1, -0.05) is 17.7 Å². The van der Waals surface area contributed by atoms with Crippen LogP contribution in [0.5, 0.6) is 5.75 Å². The predicted molar refractivity (Wildman–Crippen MR) is 82.1 cm³/mol. The van der Waals surface area contributed by atoms with E-state index in [1.165, 1.54) is 30.5 Å². The van der Waals surface area contributed by atoms with E-state index < -0.39 is 0 Å². The Balaban J connectivity index is 1.57. The highest BCUT2D eigenvalue weighted by Gasteiger charge is 2.28. The van der Waals surface area contributed by atoms with Gasteiger partial charge in [0.05, 0.1) is 0 Å². The summed E-state index contributed by atoms with van der Waals surface area (Å²) in [6.07, 6.45) is 3.92. The normalized spacial score (nSPS) is 27.9. The molecule has 3 unspecified atom stereocenters. The predicted octanol–water partition coefficient (Wildman–Crippen LogP) is 2.36. The number of ether oxygens (including phenoxy) is 1. The Morgan fingerprint density at radius 1 is 1.45 bits per heavy atom. The molecular formula is C17H26N2O.